The fourth-order valence-electron chi connectivity index (χ4n) is 3.54. The topological polar surface area (TPSA) is 49.4 Å². The van der Waals surface area contributed by atoms with Gasteiger partial charge in [-0.05, 0) is 62.6 Å². The number of benzene rings is 2. The predicted octanol–water partition coefficient (Wildman–Crippen LogP) is 4.40. The van der Waals surface area contributed by atoms with Gasteiger partial charge in [-0.3, -0.25) is 9.59 Å². The van der Waals surface area contributed by atoms with Crippen LogP contribution in [0.5, 0.6) is 0 Å². The highest BCUT2D eigenvalue weighted by Gasteiger charge is 2.41. The fourth-order valence-corrected chi connectivity index (χ4v) is 4.42. The third-order valence-corrected chi connectivity index (χ3v) is 6.38. The molecule has 2 amide bonds. The molecule has 0 unspecified atom stereocenters. The van der Waals surface area contributed by atoms with Gasteiger partial charge in [0.05, 0.1) is 5.92 Å². The number of amides is 2. The number of carbonyl (C=O) groups is 2. The van der Waals surface area contributed by atoms with E-state index in [9.17, 15) is 9.59 Å². The van der Waals surface area contributed by atoms with E-state index in [1.807, 2.05) is 29.2 Å². The second kappa shape index (κ2) is 7.39. The molecule has 2 fully saturated rings. The summed E-state index contributed by atoms with van der Waals surface area (Å²) >= 11 is 1.72. The Morgan fingerprint density at radius 1 is 1.11 bits per heavy atom. The largest absolute Gasteiger partial charge is 0.339 e. The van der Waals surface area contributed by atoms with E-state index in [1.165, 1.54) is 16.0 Å². The highest BCUT2D eigenvalue weighted by Crippen LogP contribution is 2.34. The third-order valence-electron chi connectivity index (χ3n) is 5.20. The Hall–Kier alpha value is -2.27. The molecule has 1 saturated carbocycles. The van der Waals surface area contributed by atoms with Crippen LogP contribution in [0, 0.1) is 19.8 Å². The minimum absolute atomic E-state index is 0.0544. The lowest BCUT2D eigenvalue weighted by Gasteiger charge is -2.15. The molecule has 1 atom stereocenters. The average molecular weight is 381 g/mol. The van der Waals surface area contributed by atoms with E-state index in [0.29, 0.717) is 19.0 Å². The van der Waals surface area contributed by atoms with E-state index in [1.54, 1.807) is 11.8 Å². The standard InChI is InChI=1S/C22H24N2O2S/c1-14-3-10-20(15(2)11-14)27-19-8-4-17(5-9-19)23-22(26)16-12-21(25)24(13-16)18-6-7-18/h3-5,8-11,16,18H,6-7,12-13H2,1-2H3,(H,23,26)/t16-/m0/s1. The van der Waals surface area contributed by atoms with Gasteiger partial charge in [0.25, 0.3) is 0 Å². The van der Waals surface area contributed by atoms with E-state index >= 15 is 0 Å². The van der Waals surface area contributed by atoms with Gasteiger partial charge in [0.2, 0.25) is 11.8 Å². The molecule has 4 nitrogen and oxygen atoms in total. The van der Waals surface area contributed by atoms with Crippen molar-refractivity contribution in [3.8, 4) is 0 Å². The quantitative estimate of drug-likeness (QED) is 0.836. The van der Waals surface area contributed by atoms with Crippen molar-refractivity contribution in [1.82, 2.24) is 4.90 Å². The number of aryl methyl sites for hydroxylation is 2. The minimum Gasteiger partial charge on any atom is -0.339 e. The van der Waals surface area contributed by atoms with Gasteiger partial charge in [-0.15, -0.1) is 0 Å². The number of hydrogen-bond donors (Lipinski definition) is 1. The highest BCUT2D eigenvalue weighted by molar-refractivity contribution is 7.99. The molecule has 0 aromatic heterocycles. The van der Waals surface area contributed by atoms with Crippen LogP contribution in [0.15, 0.2) is 52.3 Å². The highest BCUT2D eigenvalue weighted by atomic mass is 32.2. The van der Waals surface area contributed by atoms with Crippen molar-refractivity contribution in [2.45, 2.75) is 48.9 Å². The van der Waals surface area contributed by atoms with Crippen molar-refractivity contribution in [3.05, 3.63) is 53.6 Å². The molecule has 1 N–H and O–H groups in total. The van der Waals surface area contributed by atoms with E-state index in [2.05, 4.69) is 37.4 Å². The van der Waals surface area contributed by atoms with Crippen molar-refractivity contribution in [1.29, 1.82) is 0 Å². The number of hydrogen-bond acceptors (Lipinski definition) is 3. The second-order valence-electron chi connectivity index (χ2n) is 7.56. The minimum atomic E-state index is -0.234. The van der Waals surface area contributed by atoms with Crippen LogP contribution in [-0.4, -0.2) is 29.3 Å². The molecule has 1 aliphatic carbocycles. The SMILES string of the molecule is Cc1ccc(Sc2ccc(NC(=O)[C@H]3CC(=O)N(C4CC4)C3)cc2)c(C)c1. The molecule has 4 rings (SSSR count). The van der Waals surface area contributed by atoms with Gasteiger partial charge in [0.15, 0.2) is 0 Å². The maximum atomic E-state index is 12.5. The Morgan fingerprint density at radius 3 is 2.52 bits per heavy atom. The van der Waals surface area contributed by atoms with Gasteiger partial charge in [0, 0.05) is 34.5 Å². The molecule has 140 valence electrons. The molecule has 1 aliphatic heterocycles. The smallest absolute Gasteiger partial charge is 0.229 e. The van der Waals surface area contributed by atoms with Crippen LogP contribution in [0.25, 0.3) is 0 Å². The zero-order chi connectivity index (χ0) is 19.0. The Morgan fingerprint density at radius 2 is 1.85 bits per heavy atom. The second-order valence-corrected chi connectivity index (χ2v) is 8.68. The number of carbonyl (C=O) groups excluding carboxylic acids is 2. The predicted molar refractivity (Wildman–Crippen MR) is 108 cm³/mol. The van der Waals surface area contributed by atoms with Gasteiger partial charge < -0.3 is 10.2 Å². The number of rotatable bonds is 5. The van der Waals surface area contributed by atoms with Gasteiger partial charge in [-0.2, -0.15) is 0 Å². The molecule has 2 aromatic rings. The molecular formula is C22H24N2O2S. The number of likely N-dealkylation sites (tertiary alicyclic amines) is 1. The number of anilines is 1. The normalized spacial score (nSPS) is 19.4. The van der Waals surface area contributed by atoms with Crippen LogP contribution < -0.4 is 5.32 Å². The van der Waals surface area contributed by atoms with Gasteiger partial charge in [-0.25, -0.2) is 0 Å². The van der Waals surface area contributed by atoms with E-state index in [4.69, 9.17) is 0 Å². The molecule has 0 bridgehead atoms. The van der Waals surface area contributed by atoms with Crippen LogP contribution in [0.2, 0.25) is 0 Å². The first kappa shape index (κ1) is 18.1. The lowest BCUT2D eigenvalue weighted by Crippen LogP contribution is -2.29. The van der Waals surface area contributed by atoms with Crippen molar-refractivity contribution < 1.29 is 9.59 Å². The first-order valence-electron chi connectivity index (χ1n) is 9.45. The maximum absolute atomic E-state index is 12.5. The summed E-state index contributed by atoms with van der Waals surface area (Å²) in [6.45, 7) is 4.79. The number of nitrogens with one attached hydrogen (secondary N) is 1. The molecule has 0 spiro atoms. The lowest BCUT2D eigenvalue weighted by atomic mass is 10.1. The van der Waals surface area contributed by atoms with Gasteiger partial charge in [0.1, 0.15) is 0 Å². The average Bonchev–Trinajstić information content (AvgIpc) is 3.40. The van der Waals surface area contributed by atoms with Crippen LogP contribution in [0.3, 0.4) is 0 Å². The summed E-state index contributed by atoms with van der Waals surface area (Å²) in [5.41, 5.74) is 3.31. The van der Waals surface area contributed by atoms with E-state index in [0.717, 1.165) is 23.4 Å². The first-order chi connectivity index (χ1) is 13.0. The van der Waals surface area contributed by atoms with Gasteiger partial charge in [-0.1, -0.05) is 29.5 Å². The van der Waals surface area contributed by atoms with Crippen molar-refractivity contribution in [3.63, 3.8) is 0 Å². The van der Waals surface area contributed by atoms with Crippen LogP contribution in [-0.2, 0) is 9.59 Å². The van der Waals surface area contributed by atoms with Crippen molar-refractivity contribution >= 4 is 29.3 Å². The molecule has 2 aliphatic rings. The monoisotopic (exact) mass is 380 g/mol. The van der Waals surface area contributed by atoms with Gasteiger partial charge >= 0.3 is 0 Å². The molecule has 1 saturated heterocycles. The maximum Gasteiger partial charge on any atom is 0.229 e. The zero-order valence-corrected chi connectivity index (χ0v) is 16.5. The van der Waals surface area contributed by atoms with Crippen LogP contribution in [0.4, 0.5) is 5.69 Å². The summed E-state index contributed by atoms with van der Waals surface area (Å²) in [6.07, 6.45) is 2.50. The molecular weight excluding hydrogens is 356 g/mol. The third kappa shape index (κ3) is 4.19. The molecule has 0 radical (unpaired) electrons. The molecule has 5 heteroatoms. The summed E-state index contributed by atoms with van der Waals surface area (Å²) in [6, 6.07) is 14.7. The Kier molecular flexibility index (Phi) is 4.96. The van der Waals surface area contributed by atoms with Crippen LogP contribution >= 0.6 is 11.8 Å². The Bertz CT molecular complexity index is 874. The fraction of sp³-hybridized carbons (Fsp3) is 0.364. The Labute approximate surface area is 164 Å². The molecule has 1 heterocycles. The summed E-state index contributed by atoms with van der Waals surface area (Å²) < 4.78 is 0. The summed E-state index contributed by atoms with van der Waals surface area (Å²) in [4.78, 5) is 28.8. The molecule has 2 aromatic carbocycles. The summed E-state index contributed by atoms with van der Waals surface area (Å²) in [7, 11) is 0. The first-order valence-corrected chi connectivity index (χ1v) is 10.3. The van der Waals surface area contributed by atoms with Crippen molar-refractivity contribution in [2.24, 2.45) is 5.92 Å². The Balaban J connectivity index is 1.36. The van der Waals surface area contributed by atoms with E-state index < -0.39 is 0 Å². The summed E-state index contributed by atoms with van der Waals surface area (Å²) in [5, 5.41) is 2.97. The van der Waals surface area contributed by atoms with E-state index in [-0.39, 0.29) is 17.7 Å². The zero-order valence-electron chi connectivity index (χ0n) is 15.7. The lowest BCUT2D eigenvalue weighted by molar-refractivity contribution is -0.128. The summed E-state index contributed by atoms with van der Waals surface area (Å²) in [5.74, 6) is -0.165. The van der Waals surface area contributed by atoms with Crippen LogP contribution in [0.1, 0.15) is 30.4 Å². The molecule has 27 heavy (non-hydrogen) atoms. The van der Waals surface area contributed by atoms with Crippen molar-refractivity contribution in [2.75, 3.05) is 11.9 Å². The number of nitrogens with zero attached hydrogens (tertiary/aromatic N) is 1.